The number of ether oxygens (including phenoxy) is 5. The van der Waals surface area contributed by atoms with Gasteiger partial charge in [0.1, 0.15) is 40.5 Å². The van der Waals surface area contributed by atoms with Gasteiger partial charge in [0.2, 0.25) is 0 Å². The minimum atomic E-state index is -0.361. The highest BCUT2D eigenvalue weighted by atomic mass is 16.5. The molecule has 5 heteroatoms. The van der Waals surface area contributed by atoms with Crippen LogP contribution in [0, 0.1) is 0 Å². The third-order valence-electron chi connectivity index (χ3n) is 5.45. The molecule has 0 saturated carbocycles. The number of methoxy groups -OCH3 is 2. The Labute approximate surface area is 158 Å². The van der Waals surface area contributed by atoms with E-state index in [1.54, 1.807) is 14.2 Å². The fourth-order valence-corrected chi connectivity index (χ4v) is 4.14. The Kier molecular flexibility index (Phi) is 3.39. The summed E-state index contributed by atoms with van der Waals surface area (Å²) in [4.78, 5) is 0. The molecular weight excluding hydrogens is 344 g/mol. The average Bonchev–Trinajstić information content (AvgIpc) is 3.02. The zero-order valence-corrected chi connectivity index (χ0v) is 15.9. The molecule has 3 aliphatic rings. The molecule has 0 spiro atoms. The van der Waals surface area contributed by atoms with Crippen LogP contribution in [0.25, 0.3) is 6.08 Å². The first kappa shape index (κ1) is 16.4. The predicted octanol–water partition coefficient (Wildman–Crippen LogP) is 4.50. The minimum absolute atomic E-state index is 0.121. The molecule has 2 atom stereocenters. The molecule has 140 valence electrons. The summed E-state index contributed by atoms with van der Waals surface area (Å²) in [6.07, 6.45) is 3.95. The maximum absolute atomic E-state index is 6.35. The van der Waals surface area contributed by atoms with Crippen LogP contribution in [0.2, 0.25) is 0 Å². The van der Waals surface area contributed by atoms with Crippen LogP contribution in [-0.2, 0) is 0 Å². The van der Waals surface area contributed by atoms with Gasteiger partial charge in [-0.1, -0.05) is 6.07 Å². The Bertz CT molecular complexity index is 960. The number of fused-ring (bicyclic) bond motifs is 6. The first-order valence-electron chi connectivity index (χ1n) is 9.11. The quantitative estimate of drug-likeness (QED) is 0.783. The molecule has 3 heterocycles. The van der Waals surface area contributed by atoms with E-state index in [2.05, 4.69) is 12.1 Å². The van der Waals surface area contributed by atoms with Gasteiger partial charge in [-0.05, 0) is 32.1 Å². The van der Waals surface area contributed by atoms with E-state index in [1.165, 1.54) is 0 Å². The number of hydrogen-bond acceptors (Lipinski definition) is 5. The Morgan fingerprint density at radius 1 is 1.04 bits per heavy atom. The third kappa shape index (κ3) is 2.37. The van der Waals surface area contributed by atoms with Crippen LogP contribution in [-0.4, -0.2) is 26.4 Å². The van der Waals surface area contributed by atoms with Crippen molar-refractivity contribution in [3.63, 3.8) is 0 Å². The van der Waals surface area contributed by atoms with E-state index in [9.17, 15) is 0 Å². The zero-order chi connectivity index (χ0) is 18.8. The summed E-state index contributed by atoms with van der Waals surface area (Å²) in [7, 11) is 3.34. The summed E-state index contributed by atoms with van der Waals surface area (Å²) in [6, 6.07) is 7.91. The highest BCUT2D eigenvalue weighted by Gasteiger charge is 2.44. The molecule has 0 bridgehead atoms. The van der Waals surface area contributed by atoms with Gasteiger partial charge in [-0.15, -0.1) is 0 Å². The molecule has 0 radical (unpaired) electrons. The second kappa shape index (κ2) is 5.59. The second-order valence-corrected chi connectivity index (χ2v) is 7.63. The van der Waals surface area contributed by atoms with Gasteiger partial charge in [-0.3, -0.25) is 0 Å². The highest BCUT2D eigenvalue weighted by molar-refractivity contribution is 5.73. The van der Waals surface area contributed by atoms with Crippen LogP contribution in [0.1, 0.15) is 42.6 Å². The number of benzene rings is 2. The average molecular weight is 366 g/mol. The van der Waals surface area contributed by atoms with Crippen LogP contribution in [0.4, 0.5) is 0 Å². The summed E-state index contributed by atoms with van der Waals surface area (Å²) >= 11 is 0. The summed E-state index contributed by atoms with van der Waals surface area (Å²) < 4.78 is 29.8. The van der Waals surface area contributed by atoms with Gasteiger partial charge >= 0.3 is 0 Å². The van der Waals surface area contributed by atoms with Crippen molar-refractivity contribution >= 4 is 6.08 Å². The third-order valence-corrected chi connectivity index (χ3v) is 5.45. The van der Waals surface area contributed by atoms with Gasteiger partial charge in [0.05, 0.1) is 37.9 Å². The summed E-state index contributed by atoms with van der Waals surface area (Å²) in [5, 5.41) is 0. The molecule has 0 saturated heterocycles. The zero-order valence-electron chi connectivity index (χ0n) is 15.9. The Morgan fingerprint density at radius 2 is 1.89 bits per heavy atom. The summed E-state index contributed by atoms with van der Waals surface area (Å²) in [5.74, 6) is 4.03. The molecule has 3 aliphatic heterocycles. The Balaban J connectivity index is 1.64. The van der Waals surface area contributed by atoms with E-state index in [0.29, 0.717) is 6.61 Å². The topological polar surface area (TPSA) is 46.2 Å². The molecule has 2 unspecified atom stereocenters. The molecule has 0 aromatic heterocycles. The minimum Gasteiger partial charge on any atom is -0.497 e. The van der Waals surface area contributed by atoms with Gasteiger partial charge in [-0.25, -0.2) is 0 Å². The van der Waals surface area contributed by atoms with Gasteiger partial charge in [0, 0.05) is 17.7 Å². The molecule has 0 aliphatic carbocycles. The van der Waals surface area contributed by atoms with Crippen LogP contribution >= 0.6 is 0 Å². The van der Waals surface area contributed by atoms with E-state index >= 15 is 0 Å². The molecular formula is C22H22O5. The first-order chi connectivity index (χ1) is 13.0. The van der Waals surface area contributed by atoms with Gasteiger partial charge < -0.3 is 23.7 Å². The number of rotatable bonds is 2. The van der Waals surface area contributed by atoms with Crippen LogP contribution in [0.5, 0.6) is 28.7 Å². The Morgan fingerprint density at radius 3 is 2.67 bits per heavy atom. The van der Waals surface area contributed by atoms with Gasteiger partial charge in [0.25, 0.3) is 0 Å². The normalized spacial score (nSPS) is 23.0. The molecule has 5 rings (SSSR count). The van der Waals surface area contributed by atoms with Gasteiger partial charge in [0.15, 0.2) is 0 Å². The molecule has 27 heavy (non-hydrogen) atoms. The van der Waals surface area contributed by atoms with E-state index < -0.39 is 0 Å². The Hall–Kier alpha value is -2.82. The smallest absolute Gasteiger partial charge is 0.141 e. The molecule has 5 nitrogen and oxygen atoms in total. The van der Waals surface area contributed by atoms with E-state index in [1.807, 2.05) is 38.1 Å². The molecule has 0 fully saturated rings. The molecule has 0 amide bonds. The van der Waals surface area contributed by atoms with Crippen molar-refractivity contribution < 1.29 is 23.7 Å². The second-order valence-electron chi connectivity index (χ2n) is 7.63. The van der Waals surface area contributed by atoms with Crippen molar-refractivity contribution in [2.45, 2.75) is 31.5 Å². The number of hydrogen-bond donors (Lipinski definition) is 0. The lowest BCUT2D eigenvalue weighted by molar-refractivity contribution is 0.130. The van der Waals surface area contributed by atoms with Crippen molar-refractivity contribution in [2.24, 2.45) is 0 Å². The van der Waals surface area contributed by atoms with Crippen molar-refractivity contribution in [3.8, 4) is 28.7 Å². The van der Waals surface area contributed by atoms with Crippen molar-refractivity contribution in [1.82, 2.24) is 0 Å². The lowest BCUT2D eigenvalue weighted by Crippen LogP contribution is -2.29. The SMILES string of the molecule is COc1ccc2c(c1)OC1c3c(cc4c(c3OC)C=CC(C)(C)O4)OCC21. The lowest BCUT2D eigenvalue weighted by Gasteiger charge is -2.34. The maximum Gasteiger partial charge on any atom is 0.141 e. The monoisotopic (exact) mass is 366 g/mol. The lowest BCUT2D eigenvalue weighted by atomic mass is 9.87. The fraction of sp³-hybridized carbons (Fsp3) is 0.364. The van der Waals surface area contributed by atoms with Crippen LogP contribution in [0.3, 0.4) is 0 Å². The van der Waals surface area contributed by atoms with Crippen LogP contribution in [0.15, 0.2) is 30.3 Å². The standard InChI is InChI=1S/C22H22O5/c1-22(2)8-7-14-17(27-22)10-18-19(20(14)24-4)21-15(11-25-18)13-6-5-12(23-3)9-16(13)26-21/h5-10,15,21H,11H2,1-4H3. The van der Waals surface area contributed by atoms with Gasteiger partial charge in [-0.2, -0.15) is 0 Å². The molecule has 2 aromatic rings. The predicted molar refractivity (Wildman–Crippen MR) is 101 cm³/mol. The van der Waals surface area contributed by atoms with E-state index in [-0.39, 0.29) is 17.6 Å². The van der Waals surface area contributed by atoms with E-state index in [4.69, 9.17) is 23.7 Å². The summed E-state index contributed by atoms with van der Waals surface area (Å²) in [5.41, 5.74) is 2.65. The van der Waals surface area contributed by atoms with E-state index in [0.717, 1.165) is 45.4 Å². The molecule has 2 aromatic carbocycles. The molecule has 0 N–H and O–H groups in total. The summed E-state index contributed by atoms with van der Waals surface area (Å²) in [6.45, 7) is 4.61. The van der Waals surface area contributed by atoms with Crippen molar-refractivity contribution in [3.05, 3.63) is 47.0 Å². The van der Waals surface area contributed by atoms with Crippen molar-refractivity contribution in [1.29, 1.82) is 0 Å². The van der Waals surface area contributed by atoms with Crippen molar-refractivity contribution in [2.75, 3.05) is 20.8 Å². The largest absolute Gasteiger partial charge is 0.497 e. The maximum atomic E-state index is 6.35. The fourth-order valence-electron chi connectivity index (χ4n) is 4.14. The van der Waals surface area contributed by atoms with Crippen LogP contribution < -0.4 is 23.7 Å². The first-order valence-corrected chi connectivity index (χ1v) is 9.11. The highest BCUT2D eigenvalue weighted by Crippen LogP contribution is 2.56.